The number of nitrogens with zero attached hydrogens (tertiary/aromatic N) is 2. The van der Waals surface area contributed by atoms with Crippen LogP contribution < -0.4 is 4.90 Å². The number of fused-ring (bicyclic) bond motifs is 8. The molecule has 0 spiro atoms. The maximum absolute atomic E-state index is 6.77. The van der Waals surface area contributed by atoms with E-state index in [1.807, 2.05) is 6.07 Å². The van der Waals surface area contributed by atoms with Crippen molar-refractivity contribution in [1.29, 1.82) is 0 Å². The first kappa shape index (κ1) is 31.2. The summed E-state index contributed by atoms with van der Waals surface area (Å²) < 4.78 is 9.15. The van der Waals surface area contributed by atoms with E-state index in [2.05, 4.69) is 210 Å². The van der Waals surface area contributed by atoms with Crippen LogP contribution in [0.25, 0.3) is 82.5 Å². The monoisotopic (exact) mass is 702 g/mol. The van der Waals surface area contributed by atoms with Gasteiger partial charge in [0.25, 0.3) is 0 Å². The van der Waals surface area contributed by atoms with Crippen LogP contribution in [0.15, 0.2) is 211 Å². The van der Waals surface area contributed by atoms with Crippen molar-refractivity contribution in [3.63, 3.8) is 0 Å². The van der Waals surface area contributed by atoms with Crippen LogP contribution in [0.1, 0.15) is 0 Å². The molecule has 0 radical (unpaired) electrons. The Morgan fingerprint density at radius 2 is 0.927 bits per heavy atom. The largest absolute Gasteiger partial charge is 0.454 e. The summed E-state index contributed by atoms with van der Waals surface area (Å²) in [5, 5.41) is 7.10. The summed E-state index contributed by atoms with van der Waals surface area (Å²) in [6.45, 7) is 0. The second-order valence-corrected chi connectivity index (χ2v) is 14.1. The van der Waals surface area contributed by atoms with Crippen LogP contribution in [0, 0.1) is 0 Å². The third kappa shape index (κ3) is 5.13. The highest BCUT2D eigenvalue weighted by molar-refractivity contribution is 6.23. The predicted molar refractivity (Wildman–Crippen MR) is 231 cm³/mol. The molecule has 0 aliphatic heterocycles. The van der Waals surface area contributed by atoms with Crippen molar-refractivity contribution in [2.75, 3.05) is 4.90 Å². The Morgan fingerprint density at radius 1 is 0.382 bits per heavy atom. The van der Waals surface area contributed by atoms with E-state index in [9.17, 15) is 0 Å². The molecule has 3 heteroatoms. The summed E-state index contributed by atoms with van der Waals surface area (Å²) in [6, 6.07) is 73.8. The van der Waals surface area contributed by atoms with Crippen molar-refractivity contribution in [2.45, 2.75) is 0 Å². The van der Waals surface area contributed by atoms with E-state index >= 15 is 0 Å². The fourth-order valence-electron chi connectivity index (χ4n) is 8.39. The molecule has 0 N–H and O–H groups in total. The van der Waals surface area contributed by atoms with E-state index in [0.717, 1.165) is 50.3 Å². The molecule has 55 heavy (non-hydrogen) atoms. The van der Waals surface area contributed by atoms with Gasteiger partial charge >= 0.3 is 0 Å². The molecule has 2 heterocycles. The van der Waals surface area contributed by atoms with Gasteiger partial charge < -0.3 is 13.9 Å². The lowest BCUT2D eigenvalue weighted by atomic mass is 10.00. The van der Waals surface area contributed by atoms with E-state index in [1.54, 1.807) is 0 Å². The van der Waals surface area contributed by atoms with Crippen molar-refractivity contribution in [2.24, 2.45) is 0 Å². The minimum Gasteiger partial charge on any atom is -0.454 e. The minimum absolute atomic E-state index is 0.871. The van der Waals surface area contributed by atoms with Gasteiger partial charge in [0.2, 0.25) is 0 Å². The SMILES string of the molecule is c1ccc(-c2ccc(N(c3ccc(-c4ccc5c6ccccc6n(-c6ccccc6)c5c4)cc3)c3cc4ccccc4c4c3oc3ccccc34)cc2)cc1. The molecule has 0 amide bonds. The summed E-state index contributed by atoms with van der Waals surface area (Å²) in [5.41, 5.74) is 13.1. The molecule has 11 rings (SSSR count). The Balaban J connectivity index is 1.08. The van der Waals surface area contributed by atoms with E-state index < -0.39 is 0 Å². The highest BCUT2D eigenvalue weighted by Gasteiger charge is 2.22. The molecule has 9 aromatic carbocycles. The molecule has 11 aromatic rings. The highest BCUT2D eigenvalue weighted by Crippen LogP contribution is 2.46. The third-order valence-electron chi connectivity index (χ3n) is 11.0. The van der Waals surface area contributed by atoms with Gasteiger partial charge in [-0.3, -0.25) is 0 Å². The topological polar surface area (TPSA) is 21.3 Å². The highest BCUT2D eigenvalue weighted by atomic mass is 16.3. The molecule has 0 fully saturated rings. The average molecular weight is 703 g/mol. The Kier molecular flexibility index (Phi) is 7.17. The van der Waals surface area contributed by atoms with E-state index in [-0.39, 0.29) is 0 Å². The zero-order chi connectivity index (χ0) is 36.3. The maximum atomic E-state index is 6.77. The molecule has 0 atom stereocenters. The van der Waals surface area contributed by atoms with Gasteiger partial charge in [-0.15, -0.1) is 0 Å². The number of rotatable bonds is 6. The summed E-state index contributed by atoms with van der Waals surface area (Å²) >= 11 is 0. The number of furan rings is 1. The molecular formula is C52H34N2O. The Bertz CT molecular complexity index is 3180. The predicted octanol–water partition coefficient (Wildman–Crippen LogP) is 14.6. The molecule has 0 aliphatic carbocycles. The van der Waals surface area contributed by atoms with Crippen molar-refractivity contribution in [1.82, 2.24) is 4.57 Å². The average Bonchev–Trinajstić information content (AvgIpc) is 3.81. The van der Waals surface area contributed by atoms with Crippen LogP contribution in [0.2, 0.25) is 0 Å². The summed E-state index contributed by atoms with van der Waals surface area (Å²) in [4.78, 5) is 2.34. The van der Waals surface area contributed by atoms with Crippen molar-refractivity contribution in [3.8, 4) is 27.9 Å². The molecule has 2 aromatic heterocycles. The third-order valence-corrected chi connectivity index (χ3v) is 11.0. The molecule has 0 aliphatic rings. The van der Waals surface area contributed by atoms with Gasteiger partial charge in [-0.1, -0.05) is 146 Å². The van der Waals surface area contributed by atoms with Gasteiger partial charge in [0.15, 0.2) is 5.58 Å². The van der Waals surface area contributed by atoms with Gasteiger partial charge in [0.05, 0.1) is 16.7 Å². The Labute approximate surface area is 318 Å². The first-order chi connectivity index (χ1) is 27.3. The number of hydrogen-bond acceptors (Lipinski definition) is 2. The van der Waals surface area contributed by atoms with Crippen LogP contribution in [-0.4, -0.2) is 4.57 Å². The summed E-state index contributed by atoms with van der Waals surface area (Å²) in [7, 11) is 0. The van der Waals surface area contributed by atoms with Crippen LogP contribution in [0.3, 0.4) is 0 Å². The lowest BCUT2D eigenvalue weighted by molar-refractivity contribution is 0.669. The number of hydrogen-bond donors (Lipinski definition) is 0. The second kappa shape index (κ2) is 12.6. The Hall–Kier alpha value is -7.36. The van der Waals surface area contributed by atoms with E-state index in [0.29, 0.717) is 0 Å². The normalized spacial score (nSPS) is 11.6. The fraction of sp³-hybridized carbons (Fsp3) is 0. The first-order valence-corrected chi connectivity index (χ1v) is 18.8. The molecule has 3 nitrogen and oxygen atoms in total. The molecule has 258 valence electrons. The van der Waals surface area contributed by atoms with Crippen LogP contribution >= 0.6 is 0 Å². The zero-order valence-corrected chi connectivity index (χ0v) is 29.9. The Morgan fingerprint density at radius 3 is 1.67 bits per heavy atom. The van der Waals surface area contributed by atoms with Crippen molar-refractivity contribution < 1.29 is 4.42 Å². The minimum atomic E-state index is 0.871. The standard InChI is InChI=1S/C52H34N2O/c1-3-13-35(14-4-1)36-23-28-41(29-24-36)53(49-34-39-15-7-8-18-43(39)51-46-20-10-12-22-50(46)55-52(49)51)42-30-25-37(26-31-42)38-27-32-45-44-19-9-11-21-47(44)54(48(45)33-38)40-16-5-2-6-17-40/h1-34H. The van der Waals surface area contributed by atoms with Crippen molar-refractivity contribution in [3.05, 3.63) is 206 Å². The molecule has 0 unspecified atom stereocenters. The maximum Gasteiger partial charge on any atom is 0.160 e. The van der Waals surface area contributed by atoms with E-state index in [4.69, 9.17) is 4.42 Å². The lowest BCUT2D eigenvalue weighted by Crippen LogP contribution is -2.10. The zero-order valence-electron chi connectivity index (χ0n) is 29.9. The van der Waals surface area contributed by atoms with Gasteiger partial charge in [-0.05, 0) is 93.7 Å². The van der Waals surface area contributed by atoms with Crippen molar-refractivity contribution >= 4 is 71.6 Å². The molecule has 0 saturated heterocycles. The first-order valence-electron chi connectivity index (χ1n) is 18.8. The van der Waals surface area contributed by atoms with Crippen LogP contribution in [0.5, 0.6) is 0 Å². The number of aromatic nitrogens is 1. The van der Waals surface area contributed by atoms with Crippen LogP contribution in [0.4, 0.5) is 17.1 Å². The van der Waals surface area contributed by atoms with Crippen LogP contribution in [-0.2, 0) is 0 Å². The van der Waals surface area contributed by atoms with Gasteiger partial charge in [-0.2, -0.15) is 0 Å². The second-order valence-electron chi connectivity index (χ2n) is 14.1. The number of para-hydroxylation sites is 3. The quantitative estimate of drug-likeness (QED) is 0.172. The van der Waals surface area contributed by atoms with Gasteiger partial charge in [0, 0.05) is 38.6 Å². The summed E-state index contributed by atoms with van der Waals surface area (Å²) in [6.07, 6.45) is 0. The molecule has 0 saturated carbocycles. The lowest BCUT2D eigenvalue weighted by Gasteiger charge is -2.26. The number of benzene rings is 9. The number of anilines is 3. The summed E-state index contributed by atoms with van der Waals surface area (Å²) in [5.74, 6) is 0. The van der Waals surface area contributed by atoms with Gasteiger partial charge in [0.1, 0.15) is 5.58 Å². The molecule has 0 bridgehead atoms. The fourth-order valence-corrected chi connectivity index (χ4v) is 8.39. The smallest absolute Gasteiger partial charge is 0.160 e. The van der Waals surface area contributed by atoms with Gasteiger partial charge in [-0.25, -0.2) is 0 Å². The molecular weight excluding hydrogens is 669 g/mol. The van der Waals surface area contributed by atoms with E-state index in [1.165, 1.54) is 49.3 Å².